The molecule has 0 bridgehead atoms. The molecule has 1 aromatic carbocycles. The lowest BCUT2D eigenvalue weighted by atomic mass is 10.1. The molecule has 2 nitrogen and oxygen atoms in total. The lowest BCUT2D eigenvalue weighted by molar-refractivity contribution is -0.0327. The molecule has 0 saturated carbocycles. The Labute approximate surface area is 119 Å². The Kier molecular flexibility index (Phi) is 5.25. The molecule has 6 heteroatoms. The Morgan fingerprint density at radius 2 is 1.90 bits per heavy atom. The van der Waals surface area contributed by atoms with Crippen molar-refractivity contribution in [3.8, 4) is 0 Å². The number of thioether (sulfide) groups is 1. The molecule has 0 unspecified atom stereocenters. The number of rotatable bonds is 6. The van der Waals surface area contributed by atoms with E-state index in [-0.39, 0.29) is 17.5 Å². The van der Waals surface area contributed by atoms with Crippen LogP contribution >= 0.6 is 11.8 Å². The molecule has 0 radical (unpaired) electrons. The number of pyridine rings is 1. The Balaban J connectivity index is 1.79. The molecule has 0 atom stereocenters. The molecular weight excluding hydrogens is 285 g/mol. The van der Waals surface area contributed by atoms with Gasteiger partial charge in [0.25, 0.3) is 0 Å². The second-order valence-electron chi connectivity index (χ2n) is 4.29. The van der Waals surface area contributed by atoms with E-state index in [1.54, 1.807) is 6.20 Å². The van der Waals surface area contributed by atoms with Gasteiger partial charge in [-0.2, -0.15) is 13.2 Å². The minimum absolute atomic E-state index is 0.00753. The smallest absolute Gasteiger partial charge is 0.316 e. The van der Waals surface area contributed by atoms with E-state index in [2.05, 4.69) is 10.3 Å². The van der Waals surface area contributed by atoms with Crippen LogP contribution in [0.5, 0.6) is 0 Å². The van der Waals surface area contributed by atoms with E-state index in [0.29, 0.717) is 13.1 Å². The summed E-state index contributed by atoms with van der Waals surface area (Å²) in [4.78, 5) is 4.35. The van der Waals surface area contributed by atoms with Crippen molar-refractivity contribution < 1.29 is 13.2 Å². The van der Waals surface area contributed by atoms with E-state index in [1.165, 1.54) is 0 Å². The van der Waals surface area contributed by atoms with Crippen LogP contribution in [0.15, 0.2) is 36.5 Å². The first-order valence-corrected chi connectivity index (χ1v) is 7.29. The van der Waals surface area contributed by atoms with Crippen molar-refractivity contribution in [1.82, 2.24) is 10.3 Å². The van der Waals surface area contributed by atoms with Crippen molar-refractivity contribution in [3.05, 3.63) is 42.1 Å². The summed E-state index contributed by atoms with van der Waals surface area (Å²) >= 11 is 0.00753. The largest absolute Gasteiger partial charge is 0.441 e. The zero-order valence-electron chi connectivity index (χ0n) is 10.8. The van der Waals surface area contributed by atoms with Gasteiger partial charge >= 0.3 is 5.51 Å². The van der Waals surface area contributed by atoms with Gasteiger partial charge in [-0.15, -0.1) is 0 Å². The summed E-state index contributed by atoms with van der Waals surface area (Å²) in [5.74, 6) is 0.0390. The molecule has 2 aromatic rings. The second kappa shape index (κ2) is 6.95. The first-order chi connectivity index (χ1) is 9.56. The third-order valence-corrected chi connectivity index (χ3v) is 3.57. The van der Waals surface area contributed by atoms with Crippen LogP contribution in [0.2, 0.25) is 0 Å². The van der Waals surface area contributed by atoms with Gasteiger partial charge in [-0.05, 0) is 36.4 Å². The highest BCUT2D eigenvalue weighted by atomic mass is 32.2. The maximum Gasteiger partial charge on any atom is 0.441 e. The number of alkyl halides is 3. The first kappa shape index (κ1) is 15.1. The predicted molar refractivity (Wildman–Crippen MR) is 76.8 cm³/mol. The van der Waals surface area contributed by atoms with Crippen molar-refractivity contribution in [2.24, 2.45) is 0 Å². The zero-order valence-corrected chi connectivity index (χ0v) is 11.6. The summed E-state index contributed by atoms with van der Waals surface area (Å²) in [6, 6.07) is 9.86. The van der Waals surface area contributed by atoms with Gasteiger partial charge in [0.15, 0.2) is 0 Å². The third-order valence-electron chi connectivity index (χ3n) is 2.83. The highest BCUT2D eigenvalue weighted by Gasteiger charge is 2.27. The number of para-hydroxylation sites is 1. The van der Waals surface area contributed by atoms with Gasteiger partial charge < -0.3 is 5.32 Å². The highest BCUT2D eigenvalue weighted by Crippen LogP contribution is 2.29. The van der Waals surface area contributed by atoms with E-state index in [9.17, 15) is 13.2 Å². The molecule has 0 saturated heterocycles. The minimum atomic E-state index is -4.14. The van der Waals surface area contributed by atoms with Crippen molar-refractivity contribution in [1.29, 1.82) is 0 Å². The Hall–Kier alpha value is -1.27. The number of halogens is 3. The number of benzene rings is 1. The number of nitrogens with zero attached hydrogens (tertiary/aromatic N) is 1. The number of fused-ring (bicyclic) bond motifs is 1. The van der Waals surface area contributed by atoms with Crippen LogP contribution in [0.25, 0.3) is 10.9 Å². The average molecular weight is 300 g/mol. The predicted octanol–water partition coefficient (Wildman–Crippen LogP) is 3.62. The topological polar surface area (TPSA) is 24.9 Å². The van der Waals surface area contributed by atoms with Gasteiger partial charge in [-0.1, -0.05) is 24.3 Å². The fraction of sp³-hybridized carbons (Fsp3) is 0.357. The molecule has 0 aliphatic heterocycles. The van der Waals surface area contributed by atoms with Gasteiger partial charge in [0.1, 0.15) is 0 Å². The van der Waals surface area contributed by atoms with Gasteiger partial charge in [0.05, 0.1) is 5.52 Å². The molecule has 0 amide bonds. The lowest BCUT2D eigenvalue weighted by Crippen LogP contribution is -2.21. The van der Waals surface area contributed by atoms with E-state index >= 15 is 0 Å². The molecule has 20 heavy (non-hydrogen) atoms. The van der Waals surface area contributed by atoms with E-state index in [4.69, 9.17) is 0 Å². The fourth-order valence-corrected chi connectivity index (χ4v) is 2.43. The fourth-order valence-electron chi connectivity index (χ4n) is 1.96. The van der Waals surface area contributed by atoms with Crippen molar-refractivity contribution in [2.45, 2.75) is 11.9 Å². The van der Waals surface area contributed by atoms with Gasteiger partial charge in [-0.3, -0.25) is 4.98 Å². The minimum Gasteiger partial charge on any atom is -0.316 e. The Bertz CT molecular complexity index is 552. The number of hydrogen-bond donors (Lipinski definition) is 1. The molecular formula is C14H15F3N2S. The molecule has 1 N–H and O–H groups in total. The summed E-state index contributed by atoms with van der Waals surface area (Å²) in [6.07, 6.45) is 2.50. The summed E-state index contributed by atoms with van der Waals surface area (Å²) in [5.41, 5.74) is -2.07. The average Bonchev–Trinajstić information content (AvgIpc) is 2.41. The Morgan fingerprint density at radius 3 is 2.70 bits per heavy atom. The van der Waals surface area contributed by atoms with E-state index in [1.807, 2.05) is 30.3 Å². The van der Waals surface area contributed by atoms with Crippen molar-refractivity contribution >= 4 is 22.7 Å². The molecule has 0 spiro atoms. The van der Waals surface area contributed by atoms with Crippen molar-refractivity contribution in [3.63, 3.8) is 0 Å². The van der Waals surface area contributed by atoms with Gasteiger partial charge in [-0.25, -0.2) is 0 Å². The molecule has 1 aromatic heterocycles. The van der Waals surface area contributed by atoms with E-state index in [0.717, 1.165) is 22.9 Å². The molecule has 1 heterocycles. The summed E-state index contributed by atoms with van der Waals surface area (Å²) in [6.45, 7) is 0.997. The first-order valence-electron chi connectivity index (χ1n) is 6.30. The van der Waals surface area contributed by atoms with Gasteiger partial charge in [0, 0.05) is 23.9 Å². The molecule has 0 aliphatic rings. The summed E-state index contributed by atoms with van der Waals surface area (Å²) < 4.78 is 35.8. The Morgan fingerprint density at radius 1 is 1.10 bits per heavy atom. The molecule has 0 aliphatic carbocycles. The highest BCUT2D eigenvalue weighted by molar-refractivity contribution is 8.00. The van der Waals surface area contributed by atoms with Crippen LogP contribution in [0.4, 0.5) is 13.2 Å². The number of hydrogen-bond acceptors (Lipinski definition) is 3. The second-order valence-corrected chi connectivity index (χ2v) is 5.45. The molecule has 2 rings (SSSR count). The molecule has 0 fully saturated rings. The van der Waals surface area contributed by atoms with Crippen LogP contribution in [0.1, 0.15) is 5.56 Å². The van der Waals surface area contributed by atoms with Crippen LogP contribution < -0.4 is 5.32 Å². The van der Waals surface area contributed by atoms with Crippen LogP contribution in [0.3, 0.4) is 0 Å². The van der Waals surface area contributed by atoms with Crippen LogP contribution in [0, 0.1) is 0 Å². The van der Waals surface area contributed by atoms with Gasteiger partial charge in [0.2, 0.25) is 0 Å². The standard InChI is InChI=1S/C14H15F3N2S/c15-14(16,17)20-10-9-18-8-6-12-4-1-3-11-5-2-7-19-13(11)12/h1-5,7,18H,6,8-10H2. The third kappa shape index (κ3) is 4.68. The molecule has 108 valence electrons. The maximum absolute atomic E-state index is 11.9. The van der Waals surface area contributed by atoms with E-state index < -0.39 is 5.51 Å². The SMILES string of the molecule is FC(F)(F)SCCNCCc1cccc2cccnc12. The lowest BCUT2D eigenvalue weighted by Gasteiger charge is -2.08. The number of nitrogens with one attached hydrogen (secondary N) is 1. The summed E-state index contributed by atoms with van der Waals surface area (Å²) in [7, 11) is 0. The monoisotopic (exact) mass is 300 g/mol. The van der Waals surface area contributed by atoms with Crippen LogP contribution in [-0.4, -0.2) is 29.3 Å². The summed E-state index contributed by atoms with van der Waals surface area (Å²) in [5, 5.41) is 4.10. The zero-order chi connectivity index (χ0) is 14.4. The van der Waals surface area contributed by atoms with Crippen LogP contribution in [-0.2, 0) is 6.42 Å². The quantitative estimate of drug-likeness (QED) is 0.825. The number of aromatic nitrogens is 1. The maximum atomic E-state index is 11.9. The van der Waals surface area contributed by atoms with Crippen molar-refractivity contribution in [2.75, 3.05) is 18.8 Å². The normalized spacial score (nSPS) is 11.9.